The van der Waals surface area contributed by atoms with E-state index in [1.165, 1.54) is 0 Å². The fourth-order valence-corrected chi connectivity index (χ4v) is 3.41. The van der Waals surface area contributed by atoms with E-state index in [0.717, 1.165) is 39.1 Å². The normalized spacial score (nSPS) is 11.2. The number of benzene rings is 2. The zero-order valence-corrected chi connectivity index (χ0v) is 16.5. The minimum absolute atomic E-state index is 0.149. The van der Waals surface area contributed by atoms with Crippen molar-refractivity contribution < 1.29 is 4.79 Å². The van der Waals surface area contributed by atoms with Crippen molar-refractivity contribution in [2.45, 2.75) is 20.4 Å². The molecule has 0 bridgehead atoms. The van der Waals surface area contributed by atoms with Crippen molar-refractivity contribution in [1.82, 2.24) is 20.1 Å². The lowest BCUT2D eigenvalue weighted by molar-refractivity contribution is -0.116. The highest BCUT2D eigenvalue weighted by Gasteiger charge is 2.13. The van der Waals surface area contributed by atoms with Crippen molar-refractivity contribution >= 4 is 22.9 Å². The van der Waals surface area contributed by atoms with Crippen molar-refractivity contribution in [3.63, 3.8) is 0 Å². The molecule has 1 N–H and O–H groups in total. The van der Waals surface area contributed by atoms with Crippen LogP contribution in [0.4, 0.5) is 0 Å². The smallest absolute Gasteiger partial charge is 0.244 e. The average molecular weight is 382 g/mol. The van der Waals surface area contributed by atoms with Gasteiger partial charge in [0.05, 0.1) is 16.9 Å². The number of hydrogen-bond donors (Lipinski definition) is 1. The molecule has 2 aromatic heterocycles. The summed E-state index contributed by atoms with van der Waals surface area (Å²) in [7, 11) is 0. The Morgan fingerprint density at radius 1 is 1.03 bits per heavy atom. The summed E-state index contributed by atoms with van der Waals surface area (Å²) in [6, 6.07) is 19.8. The molecule has 0 unspecified atom stereocenters. The van der Waals surface area contributed by atoms with Crippen molar-refractivity contribution in [3.8, 4) is 5.69 Å². The third-order valence-electron chi connectivity index (χ3n) is 4.96. The van der Waals surface area contributed by atoms with E-state index in [2.05, 4.69) is 15.4 Å². The lowest BCUT2D eigenvalue weighted by Crippen LogP contribution is -2.21. The summed E-state index contributed by atoms with van der Waals surface area (Å²) < 4.78 is 1.91. The van der Waals surface area contributed by atoms with Gasteiger partial charge in [0, 0.05) is 41.0 Å². The molecule has 29 heavy (non-hydrogen) atoms. The second kappa shape index (κ2) is 8.10. The molecular weight excluding hydrogens is 360 g/mol. The third-order valence-corrected chi connectivity index (χ3v) is 4.96. The van der Waals surface area contributed by atoms with E-state index >= 15 is 0 Å². The first-order chi connectivity index (χ1) is 14.1. The number of para-hydroxylation sites is 2. The highest BCUT2D eigenvalue weighted by Crippen LogP contribution is 2.18. The van der Waals surface area contributed by atoms with E-state index in [-0.39, 0.29) is 5.91 Å². The molecule has 0 aliphatic carbocycles. The average Bonchev–Trinajstić information content (AvgIpc) is 3.04. The number of carbonyl (C=O) groups excluding carboxylic acids is 1. The summed E-state index contributed by atoms with van der Waals surface area (Å²) in [4.78, 5) is 16.8. The van der Waals surface area contributed by atoms with Crippen molar-refractivity contribution in [1.29, 1.82) is 0 Å². The number of carbonyl (C=O) groups is 1. The Bertz CT molecular complexity index is 1190. The van der Waals surface area contributed by atoms with Crippen LogP contribution in [0.1, 0.15) is 22.5 Å². The molecule has 0 radical (unpaired) electrons. The van der Waals surface area contributed by atoms with Crippen LogP contribution in [0.2, 0.25) is 0 Å². The Morgan fingerprint density at radius 2 is 1.83 bits per heavy atom. The maximum Gasteiger partial charge on any atom is 0.244 e. The van der Waals surface area contributed by atoms with Gasteiger partial charge in [-0.15, -0.1) is 0 Å². The number of aromatic nitrogens is 3. The quantitative estimate of drug-likeness (QED) is 0.522. The molecule has 5 heteroatoms. The van der Waals surface area contributed by atoms with Crippen LogP contribution >= 0.6 is 0 Å². The molecule has 0 aliphatic rings. The number of amides is 1. The van der Waals surface area contributed by atoms with Gasteiger partial charge in [-0.05, 0) is 38.1 Å². The maximum atomic E-state index is 12.4. The van der Waals surface area contributed by atoms with Crippen LogP contribution < -0.4 is 5.32 Å². The van der Waals surface area contributed by atoms with Crippen LogP contribution in [0.25, 0.3) is 22.7 Å². The molecule has 2 aromatic carbocycles. The van der Waals surface area contributed by atoms with E-state index in [0.29, 0.717) is 6.54 Å². The third kappa shape index (κ3) is 3.94. The van der Waals surface area contributed by atoms with Crippen LogP contribution in [-0.4, -0.2) is 20.7 Å². The SMILES string of the molecule is Cc1nn(-c2ccccc2)c(C)c1CNC(=O)/C=C/c1cccc2cccnc12. The molecule has 1 amide bonds. The molecule has 0 saturated heterocycles. The molecule has 4 rings (SSSR count). The first kappa shape index (κ1) is 18.6. The van der Waals surface area contributed by atoms with Crippen LogP contribution in [0.15, 0.2) is 72.9 Å². The molecule has 5 nitrogen and oxygen atoms in total. The molecular formula is C24H22N4O. The van der Waals surface area contributed by atoms with E-state index in [4.69, 9.17) is 0 Å². The standard InChI is InChI=1S/C24H22N4O/c1-17-22(18(2)28(27-17)21-11-4-3-5-12-21)16-26-23(29)14-13-20-9-6-8-19-10-7-15-25-24(19)20/h3-15H,16H2,1-2H3,(H,26,29)/b14-13+. The lowest BCUT2D eigenvalue weighted by Gasteiger charge is -2.06. The Morgan fingerprint density at radius 3 is 2.66 bits per heavy atom. The Balaban J connectivity index is 1.48. The van der Waals surface area contributed by atoms with Gasteiger partial charge in [-0.2, -0.15) is 5.10 Å². The minimum Gasteiger partial charge on any atom is -0.348 e. The molecule has 0 atom stereocenters. The highest BCUT2D eigenvalue weighted by atomic mass is 16.1. The van der Waals surface area contributed by atoms with Gasteiger partial charge in [-0.3, -0.25) is 9.78 Å². The van der Waals surface area contributed by atoms with E-state index < -0.39 is 0 Å². The van der Waals surface area contributed by atoms with E-state index in [1.807, 2.05) is 79.2 Å². The van der Waals surface area contributed by atoms with Crippen LogP contribution in [-0.2, 0) is 11.3 Å². The predicted octanol–water partition coefficient (Wildman–Crippen LogP) is 4.37. The molecule has 0 fully saturated rings. The topological polar surface area (TPSA) is 59.8 Å². The maximum absolute atomic E-state index is 12.4. The number of pyridine rings is 1. The predicted molar refractivity (Wildman–Crippen MR) is 116 cm³/mol. The second-order valence-electron chi connectivity index (χ2n) is 6.87. The number of hydrogen-bond acceptors (Lipinski definition) is 3. The molecule has 0 spiro atoms. The van der Waals surface area contributed by atoms with Gasteiger partial charge in [0.15, 0.2) is 0 Å². The van der Waals surface area contributed by atoms with Crippen molar-refractivity contribution in [2.75, 3.05) is 0 Å². The first-order valence-electron chi connectivity index (χ1n) is 9.53. The van der Waals surface area contributed by atoms with Crippen LogP contribution in [0, 0.1) is 13.8 Å². The van der Waals surface area contributed by atoms with Gasteiger partial charge < -0.3 is 5.32 Å². The molecule has 4 aromatic rings. The minimum atomic E-state index is -0.149. The van der Waals surface area contributed by atoms with E-state index in [1.54, 1.807) is 18.3 Å². The summed E-state index contributed by atoms with van der Waals surface area (Å²) in [5.74, 6) is -0.149. The van der Waals surface area contributed by atoms with Crippen molar-refractivity contribution in [3.05, 3.63) is 95.5 Å². The summed E-state index contributed by atoms with van der Waals surface area (Å²) in [5.41, 5.74) is 5.78. The van der Waals surface area contributed by atoms with Crippen molar-refractivity contribution in [2.24, 2.45) is 0 Å². The number of fused-ring (bicyclic) bond motifs is 1. The van der Waals surface area contributed by atoms with Gasteiger partial charge in [-0.25, -0.2) is 4.68 Å². The molecule has 0 saturated carbocycles. The number of nitrogens with one attached hydrogen (secondary N) is 1. The lowest BCUT2D eigenvalue weighted by atomic mass is 10.1. The fraction of sp³-hybridized carbons (Fsp3) is 0.125. The van der Waals surface area contributed by atoms with Gasteiger partial charge >= 0.3 is 0 Å². The number of aryl methyl sites for hydroxylation is 1. The molecule has 144 valence electrons. The number of rotatable bonds is 5. The Kier molecular flexibility index (Phi) is 5.20. The summed E-state index contributed by atoms with van der Waals surface area (Å²) in [5, 5.41) is 8.64. The largest absolute Gasteiger partial charge is 0.348 e. The Labute approximate surface area is 169 Å². The van der Waals surface area contributed by atoms with Gasteiger partial charge in [0.1, 0.15) is 0 Å². The summed E-state index contributed by atoms with van der Waals surface area (Å²) >= 11 is 0. The summed E-state index contributed by atoms with van der Waals surface area (Å²) in [6.45, 7) is 4.42. The van der Waals surface area contributed by atoms with E-state index in [9.17, 15) is 4.79 Å². The zero-order valence-electron chi connectivity index (χ0n) is 16.5. The number of nitrogens with zero attached hydrogens (tertiary/aromatic N) is 3. The van der Waals surface area contributed by atoms with Gasteiger partial charge in [-0.1, -0.05) is 42.5 Å². The highest BCUT2D eigenvalue weighted by molar-refractivity contribution is 5.95. The molecule has 2 heterocycles. The fourth-order valence-electron chi connectivity index (χ4n) is 3.41. The zero-order chi connectivity index (χ0) is 20.2. The van der Waals surface area contributed by atoms with Crippen LogP contribution in [0.5, 0.6) is 0 Å². The van der Waals surface area contributed by atoms with Crippen LogP contribution in [0.3, 0.4) is 0 Å². The molecule has 0 aliphatic heterocycles. The van der Waals surface area contributed by atoms with Gasteiger partial charge in [0.2, 0.25) is 5.91 Å². The Hall–Kier alpha value is -3.73. The van der Waals surface area contributed by atoms with Gasteiger partial charge in [0.25, 0.3) is 0 Å². The second-order valence-corrected chi connectivity index (χ2v) is 6.87. The first-order valence-corrected chi connectivity index (χ1v) is 9.53. The summed E-state index contributed by atoms with van der Waals surface area (Å²) in [6.07, 6.45) is 5.11. The monoisotopic (exact) mass is 382 g/mol.